The zero-order valence-electron chi connectivity index (χ0n) is 8.99. The molecule has 0 fully saturated rings. The van der Waals surface area contributed by atoms with Gasteiger partial charge in [0, 0.05) is 11.5 Å². The van der Waals surface area contributed by atoms with Crippen molar-refractivity contribution in [3.05, 3.63) is 51.4 Å². The van der Waals surface area contributed by atoms with Crippen LogP contribution in [0, 0.1) is 6.92 Å². The van der Waals surface area contributed by atoms with Crippen LogP contribution in [0.2, 0.25) is 0 Å². The number of fused-ring (bicyclic) bond motifs is 1. The number of nitrogens with zero attached hydrogens (tertiary/aromatic N) is 1. The van der Waals surface area contributed by atoms with Crippen LogP contribution in [-0.4, -0.2) is 9.78 Å². The number of H-pyrrole nitrogens is 1. The summed E-state index contributed by atoms with van der Waals surface area (Å²) in [5, 5.41) is 3.20. The van der Waals surface area contributed by atoms with Gasteiger partial charge in [0.25, 0.3) is 5.56 Å². The van der Waals surface area contributed by atoms with Gasteiger partial charge in [-0.1, -0.05) is 18.2 Å². The van der Waals surface area contributed by atoms with Crippen LogP contribution in [0.25, 0.3) is 5.69 Å². The van der Waals surface area contributed by atoms with Crippen LogP contribution in [0.1, 0.15) is 16.8 Å². The third-order valence-electron chi connectivity index (χ3n) is 2.92. The number of aryl methyl sites for hydroxylation is 1. The molecule has 0 spiro atoms. The van der Waals surface area contributed by atoms with Crippen molar-refractivity contribution < 1.29 is 0 Å². The molecule has 1 aromatic heterocycles. The fourth-order valence-electron chi connectivity index (χ4n) is 2.02. The Morgan fingerprint density at radius 2 is 2.12 bits per heavy atom. The summed E-state index contributed by atoms with van der Waals surface area (Å²) in [5.41, 5.74) is 4.19. The summed E-state index contributed by atoms with van der Waals surface area (Å²) in [4.78, 5) is 12.1. The lowest BCUT2D eigenvalue weighted by molar-refractivity contribution is 0.825. The molecule has 0 bridgehead atoms. The molecular weight excluding hydrogens is 220 g/mol. The van der Waals surface area contributed by atoms with Crippen molar-refractivity contribution in [2.24, 2.45) is 0 Å². The molecular formula is C12H12N2OS. The van der Waals surface area contributed by atoms with Crippen molar-refractivity contribution in [3.63, 3.8) is 0 Å². The van der Waals surface area contributed by atoms with Crippen molar-refractivity contribution in [1.82, 2.24) is 9.78 Å². The summed E-state index contributed by atoms with van der Waals surface area (Å²) in [7, 11) is 0. The Morgan fingerprint density at radius 1 is 1.31 bits per heavy atom. The molecule has 16 heavy (non-hydrogen) atoms. The lowest BCUT2D eigenvalue weighted by Crippen LogP contribution is -2.17. The topological polar surface area (TPSA) is 37.8 Å². The Labute approximate surface area is 97.5 Å². The quantitative estimate of drug-likeness (QED) is 0.818. The number of thioether (sulfide) groups is 1. The molecule has 0 radical (unpaired) electrons. The van der Waals surface area contributed by atoms with Gasteiger partial charge in [-0.05, 0) is 18.6 Å². The highest BCUT2D eigenvalue weighted by Gasteiger charge is 2.20. The van der Waals surface area contributed by atoms with E-state index in [-0.39, 0.29) is 5.56 Å². The van der Waals surface area contributed by atoms with Crippen molar-refractivity contribution >= 4 is 11.8 Å². The zero-order chi connectivity index (χ0) is 11.1. The van der Waals surface area contributed by atoms with E-state index in [1.54, 1.807) is 16.4 Å². The predicted molar refractivity (Wildman–Crippen MR) is 66.1 cm³/mol. The standard InChI is InChI=1S/C12H12N2OS/c1-8-4-2-3-5-11(8)14-12(15)9-6-16-7-10(9)13-14/h2-5,13H,6-7H2,1H3. The van der Waals surface area contributed by atoms with Gasteiger partial charge in [-0.3, -0.25) is 9.89 Å². The number of rotatable bonds is 1. The summed E-state index contributed by atoms with van der Waals surface area (Å²) in [5.74, 6) is 1.76. The second-order valence-electron chi connectivity index (χ2n) is 3.99. The van der Waals surface area contributed by atoms with E-state index in [1.165, 1.54) is 0 Å². The van der Waals surface area contributed by atoms with E-state index in [2.05, 4.69) is 5.10 Å². The van der Waals surface area contributed by atoms with Crippen LogP contribution in [0.4, 0.5) is 0 Å². The Hall–Kier alpha value is -1.42. The van der Waals surface area contributed by atoms with Gasteiger partial charge < -0.3 is 0 Å². The van der Waals surface area contributed by atoms with Crippen molar-refractivity contribution in [2.45, 2.75) is 18.4 Å². The number of hydrogen-bond acceptors (Lipinski definition) is 2. The van der Waals surface area contributed by atoms with E-state index in [0.717, 1.165) is 34.0 Å². The van der Waals surface area contributed by atoms with E-state index in [0.29, 0.717) is 0 Å². The first-order valence-corrected chi connectivity index (χ1v) is 6.39. The lowest BCUT2D eigenvalue weighted by Gasteiger charge is -2.05. The monoisotopic (exact) mass is 232 g/mol. The third-order valence-corrected chi connectivity index (χ3v) is 3.91. The van der Waals surface area contributed by atoms with Gasteiger partial charge in [0.05, 0.1) is 16.9 Å². The minimum absolute atomic E-state index is 0.106. The number of nitrogens with one attached hydrogen (secondary N) is 1. The smallest absolute Gasteiger partial charge is 0.275 e. The maximum atomic E-state index is 12.1. The van der Waals surface area contributed by atoms with Crippen molar-refractivity contribution in [3.8, 4) is 5.69 Å². The minimum Gasteiger partial charge on any atom is -0.294 e. The molecule has 3 rings (SSSR count). The Morgan fingerprint density at radius 3 is 2.88 bits per heavy atom. The predicted octanol–water partition coefficient (Wildman–Crippen LogP) is 2.22. The van der Waals surface area contributed by atoms with Gasteiger partial charge >= 0.3 is 0 Å². The lowest BCUT2D eigenvalue weighted by atomic mass is 10.2. The molecule has 4 heteroatoms. The zero-order valence-corrected chi connectivity index (χ0v) is 9.80. The van der Waals surface area contributed by atoms with Gasteiger partial charge in [0.1, 0.15) is 0 Å². The SMILES string of the molecule is Cc1ccccc1-n1[nH]c2c(c1=O)CSC2. The molecule has 0 saturated heterocycles. The number of benzene rings is 1. The van der Waals surface area contributed by atoms with Gasteiger partial charge in [-0.25, -0.2) is 4.68 Å². The van der Waals surface area contributed by atoms with Crippen molar-refractivity contribution in [1.29, 1.82) is 0 Å². The summed E-state index contributed by atoms with van der Waals surface area (Å²) >= 11 is 1.79. The van der Waals surface area contributed by atoms with E-state index >= 15 is 0 Å². The molecule has 1 aliphatic rings. The molecule has 0 atom stereocenters. The average Bonchev–Trinajstić information content (AvgIpc) is 2.83. The van der Waals surface area contributed by atoms with Crippen LogP contribution in [0.5, 0.6) is 0 Å². The first kappa shape index (κ1) is 9.78. The van der Waals surface area contributed by atoms with Crippen LogP contribution >= 0.6 is 11.8 Å². The third kappa shape index (κ3) is 1.33. The molecule has 3 nitrogen and oxygen atoms in total. The largest absolute Gasteiger partial charge is 0.294 e. The van der Waals surface area contributed by atoms with E-state index in [4.69, 9.17) is 0 Å². The van der Waals surface area contributed by atoms with Crippen LogP contribution in [0.15, 0.2) is 29.1 Å². The molecule has 0 amide bonds. The molecule has 0 saturated carbocycles. The molecule has 82 valence electrons. The normalized spacial score (nSPS) is 14.1. The van der Waals surface area contributed by atoms with Gasteiger partial charge in [0.15, 0.2) is 0 Å². The second kappa shape index (κ2) is 3.56. The number of aromatic nitrogens is 2. The number of para-hydroxylation sites is 1. The molecule has 0 unspecified atom stereocenters. The highest BCUT2D eigenvalue weighted by atomic mass is 32.2. The maximum Gasteiger partial charge on any atom is 0.275 e. The molecule has 1 aliphatic heterocycles. The Kier molecular flexibility index (Phi) is 2.17. The molecule has 0 aliphatic carbocycles. The van der Waals surface area contributed by atoms with Crippen LogP contribution in [-0.2, 0) is 11.5 Å². The van der Waals surface area contributed by atoms with Gasteiger partial charge in [0.2, 0.25) is 0 Å². The highest BCUT2D eigenvalue weighted by molar-refractivity contribution is 7.98. The number of hydrogen-bond donors (Lipinski definition) is 1. The number of aromatic amines is 1. The summed E-state index contributed by atoms with van der Waals surface area (Å²) < 4.78 is 1.67. The Balaban J connectivity index is 2.22. The summed E-state index contributed by atoms with van der Waals surface area (Å²) in [6, 6.07) is 7.92. The minimum atomic E-state index is 0.106. The summed E-state index contributed by atoms with van der Waals surface area (Å²) in [6.45, 7) is 2.02. The molecule has 1 aromatic carbocycles. The van der Waals surface area contributed by atoms with E-state index < -0.39 is 0 Å². The van der Waals surface area contributed by atoms with Gasteiger partial charge in [-0.2, -0.15) is 11.8 Å². The average molecular weight is 232 g/mol. The van der Waals surface area contributed by atoms with E-state index in [1.807, 2.05) is 31.2 Å². The van der Waals surface area contributed by atoms with Crippen molar-refractivity contribution in [2.75, 3.05) is 0 Å². The van der Waals surface area contributed by atoms with Gasteiger partial charge in [-0.15, -0.1) is 0 Å². The van der Waals surface area contributed by atoms with Crippen LogP contribution < -0.4 is 5.56 Å². The maximum absolute atomic E-state index is 12.1. The molecule has 2 heterocycles. The first-order chi connectivity index (χ1) is 7.77. The fourth-order valence-corrected chi connectivity index (χ4v) is 3.07. The van der Waals surface area contributed by atoms with Crippen LogP contribution in [0.3, 0.4) is 0 Å². The summed E-state index contributed by atoms with van der Waals surface area (Å²) in [6.07, 6.45) is 0. The molecule has 1 N–H and O–H groups in total. The second-order valence-corrected chi connectivity index (χ2v) is 4.97. The van der Waals surface area contributed by atoms with E-state index in [9.17, 15) is 4.79 Å². The Bertz CT molecular complexity index is 597. The molecule has 2 aromatic rings. The first-order valence-electron chi connectivity index (χ1n) is 5.24. The highest BCUT2D eigenvalue weighted by Crippen LogP contribution is 2.26. The fraction of sp³-hybridized carbons (Fsp3) is 0.250.